The van der Waals surface area contributed by atoms with Crippen molar-refractivity contribution in [1.82, 2.24) is 5.32 Å². The van der Waals surface area contributed by atoms with Gasteiger partial charge < -0.3 is 14.8 Å². The lowest BCUT2D eigenvalue weighted by Gasteiger charge is -2.34. The summed E-state index contributed by atoms with van der Waals surface area (Å²) in [6.45, 7) is 4.03. The Morgan fingerprint density at radius 1 is 1.04 bits per heavy atom. The van der Waals surface area contributed by atoms with Crippen LogP contribution in [-0.4, -0.2) is 37.6 Å². The number of hydrogen-bond donors (Lipinski definition) is 1. The second-order valence-corrected chi connectivity index (χ2v) is 6.59. The molecule has 1 fully saturated rings. The van der Waals surface area contributed by atoms with Gasteiger partial charge in [-0.15, -0.1) is 0 Å². The van der Waals surface area contributed by atoms with Crippen LogP contribution < -0.4 is 5.32 Å². The average molecular weight is 347 g/mol. The molecular weight excluding hydrogens is 322 g/mol. The number of carbonyl (C=O) groups is 3. The highest BCUT2D eigenvalue weighted by molar-refractivity contribution is 5.94. The summed E-state index contributed by atoms with van der Waals surface area (Å²) in [6.07, 6.45) is 3.24. The molecule has 6 nitrogen and oxygen atoms in total. The smallest absolute Gasteiger partial charge is 0.338 e. The Hall–Kier alpha value is -2.37. The van der Waals surface area contributed by atoms with Gasteiger partial charge in [0.2, 0.25) is 0 Å². The number of benzene rings is 1. The third-order valence-corrected chi connectivity index (χ3v) is 4.93. The molecular formula is C19H25NO5. The number of nitrogens with one attached hydrogen (secondary N) is 1. The normalized spacial score (nSPS) is 22.8. The quantitative estimate of drug-likeness (QED) is 0.828. The fourth-order valence-electron chi connectivity index (χ4n) is 3.11. The van der Waals surface area contributed by atoms with Gasteiger partial charge in [0.1, 0.15) is 0 Å². The predicted molar refractivity (Wildman–Crippen MR) is 92.2 cm³/mol. The van der Waals surface area contributed by atoms with Crippen molar-refractivity contribution in [3.8, 4) is 0 Å². The molecule has 1 aliphatic carbocycles. The van der Waals surface area contributed by atoms with Gasteiger partial charge in [-0.25, -0.2) is 9.59 Å². The standard InChI is InChI=1S/C19H25NO5/c1-12-5-4-6-16(13(12)2)20-17(21)11-25-19(23)15-9-7-14(8-10-15)18(22)24-3/h7-10,12-13,16H,4-6,11H2,1-3H3,(H,20,21). The van der Waals surface area contributed by atoms with Gasteiger partial charge in [-0.3, -0.25) is 4.79 Å². The van der Waals surface area contributed by atoms with Crippen molar-refractivity contribution in [1.29, 1.82) is 0 Å². The summed E-state index contributed by atoms with van der Waals surface area (Å²) in [6, 6.07) is 6.03. The molecule has 0 aliphatic heterocycles. The summed E-state index contributed by atoms with van der Waals surface area (Å²) >= 11 is 0. The van der Waals surface area contributed by atoms with Crippen molar-refractivity contribution in [3.05, 3.63) is 35.4 Å². The number of esters is 2. The third kappa shape index (κ3) is 5.05. The minimum Gasteiger partial charge on any atom is -0.465 e. The summed E-state index contributed by atoms with van der Waals surface area (Å²) in [5.74, 6) is -0.369. The highest BCUT2D eigenvalue weighted by Gasteiger charge is 2.28. The molecule has 3 atom stereocenters. The second-order valence-electron chi connectivity index (χ2n) is 6.59. The van der Waals surface area contributed by atoms with E-state index in [1.165, 1.54) is 37.8 Å². The van der Waals surface area contributed by atoms with Crippen molar-refractivity contribution in [3.63, 3.8) is 0 Å². The van der Waals surface area contributed by atoms with Gasteiger partial charge in [-0.2, -0.15) is 0 Å². The Balaban J connectivity index is 1.83. The number of methoxy groups -OCH3 is 1. The molecule has 1 saturated carbocycles. The zero-order valence-corrected chi connectivity index (χ0v) is 14.9. The van der Waals surface area contributed by atoms with Crippen molar-refractivity contribution < 1.29 is 23.9 Å². The van der Waals surface area contributed by atoms with E-state index in [1.54, 1.807) is 0 Å². The molecule has 0 radical (unpaired) electrons. The van der Waals surface area contributed by atoms with Crippen LogP contribution in [0.15, 0.2) is 24.3 Å². The van der Waals surface area contributed by atoms with Crippen molar-refractivity contribution in [2.45, 2.75) is 39.2 Å². The van der Waals surface area contributed by atoms with E-state index in [2.05, 4.69) is 23.9 Å². The van der Waals surface area contributed by atoms with Crippen LogP contribution in [0.3, 0.4) is 0 Å². The molecule has 0 heterocycles. The number of rotatable bonds is 5. The Labute approximate surface area is 147 Å². The maximum absolute atomic E-state index is 12.0. The number of ether oxygens (including phenoxy) is 2. The summed E-state index contributed by atoms with van der Waals surface area (Å²) in [5.41, 5.74) is 0.623. The summed E-state index contributed by atoms with van der Waals surface area (Å²) in [5, 5.41) is 2.96. The van der Waals surface area contributed by atoms with Crippen LogP contribution in [0.1, 0.15) is 53.8 Å². The molecule has 1 N–H and O–H groups in total. The number of carbonyl (C=O) groups excluding carboxylic acids is 3. The van der Waals surface area contributed by atoms with Crippen molar-refractivity contribution in [2.24, 2.45) is 11.8 Å². The van der Waals surface area contributed by atoms with Gasteiger partial charge >= 0.3 is 11.9 Å². The van der Waals surface area contributed by atoms with E-state index in [4.69, 9.17) is 4.74 Å². The topological polar surface area (TPSA) is 81.7 Å². The van der Waals surface area contributed by atoms with E-state index in [-0.39, 0.29) is 24.1 Å². The number of amides is 1. The molecule has 136 valence electrons. The largest absolute Gasteiger partial charge is 0.465 e. The van der Waals surface area contributed by atoms with Crippen LogP contribution >= 0.6 is 0 Å². The summed E-state index contributed by atoms with van der Waals surface area (Å²) < 4.78 is 9.65. The van der Waals surface area contributed by atoms with Crippen LogP contribution in [0.25, 0.3) is 0 Å². The molecule has 0 bridgehead atoms. The van der Waals surface area contributed by atoms with E-state index in [9.17, 15) is 14.4 Å². The highest BCUT2D eigenvalue weighted by Crippen LogP contribution is 2.29. The molecule has 2 rings (SSSR count). The fraction of sp³-hybridized carbons (Fsp3) is 0.526. The maximum Gasteiger partial charge on any atom is 0.338 e. The van der Waals surface area contributed by atoms with Gasteiger partial charge in [-0.1, -0.05) is 26.7 Å². The Morgan fingerprint density at radius 3 is 2.24 bits per heavy atom. The molecule has 0 saturated heterocycles. The van der Waals surface area contributed by atoms with Crippen LogP contribution in [0.5, 0.6) is 0 Å². The lowest BCUT2D eigenvalue weighted by Crippen LogP contribution is -2.45. The first kappa shape index (κ1) is 19.0. The van der Waals surface area contributed by atoms with Gasteiger partial charge in [0.25, 0.3) is 5.91 Å². The molecule has 1 aromatic rings. The van der Waals surface area contributed by atoms with E-state index in [0.717, 1.165) is 12.8 Å². The van der Waals surface area contributed by atoms with Gasteiger partial charge in [-0.05, 0) is 42.5 Å². The van der Waals surface area contributed by atoms with E-state index >= 15 is 0 Å². The minimum atomic E-state index is -0.600. The van der Waals surface area contributed by atoms with Crippen molar-refractivity contribution >= 4 is 17.8 Å². The molecule has 25 heavy (non-hydrogen) atoms. The second kappa shape index (κ2) is 8.65. The molecule has 6 heteroatoms. The van der Waals surface area contributed by atoms with E-state index in [1.807, 2.05) is 0 Å². The Kier molecular flexibility index (Phi) is 6.56. The van der Waals surface area contributed by atoms with Gasteiger partial charge in [0, 0.05) is 6.04 Å². The van der Waals surface area contributed by atoms with Crippen LogP contribution in [0.2, 0.25) is 0 Å². The molecule has 1 aliphatic rings. The Morgan fingerprint density at radius 2 is 1.64 bits per heavy atom. The van der Waals surface area contributed by atoms with Crippen LogP contribution in [0.4, 0.5) is 0 Å². The fourth-order valence-corrected chi connectivity index (χ4v) is 3.11. The zero-order chi connectivity index (χ0) is 18.4. The van der Waals surface area contributed by atoms with E-state index in [0.29, 0.717) is 17.4 Å². The average Bonchev–Trinajstić information content (AvgIpc) is 2.63. The Bertz CT molecular complexity index is 625. The van der Waals surface area contributed by atoms with Gasteiger partial charge in [0.15, 0.2) is 6.61 Å². The third-order valence-electron chi connectivity index (χ3n) is 4.93. The number of hydrogen-bond acceptors (Lipinski definition) is 5. The predicted octanol–water partition coefficient (Wildman–Crippen LogP) is 2.57. The van der Waals surface area contributed by atoms with Crippen LogP contribution in [-0.2, 0) is 14.3 Å². The first-order valence-electron chi connectivity index (χ1n) is 8.57. The minimum absolute atomic E-state index is 0.134. The van der Waals surface area contributed by atoms with E-state index < -0.39 is 11.9 Å². The summed E-state index contributed by atoms with van der Waals surface area (Å²) in [7, 11) is 1.29. The maximum atomic E-state index is 12.0. The first-order chi connectivity index (χ1) is 11.9. The lowest BCUT2D eigenvalue weighted by atomic mass is 9.78. The summed E-state index contributed by atoms with van der Waals surface area (Å²) in [4.78, 5) is 35.4. The monoisotopic (exact) mass is 347 g/mol. The van der Waals surface area contributed by atoms with Crippen molar-refractivity contribution in [2.75, 3.05) is 13.7 Å². The molecule has 0 aromatic heterocycles. The molecule has 1 aromatic carbocycles. The lowest BCUT2D eigenvalue weighted by molar-refractivity contribution is -0.125. The zero-order valence-electron chi connectivity index (χ0n) is 14.9. The molecule has 0 spiro atoms. The first-order valence-corrected chi connectivity index (χ1v) is 8.57. The highest BCUT2D eigenvalue weighted by atomic mass is 16.5. The SMILES string of the molecule is COC(=O)c1ccc(C(=O)OCC(=O)NC2CCCC(C)C2C)cc1. The van der Waals surface area contributed by atoms with Crippen LogP contribution in [0, 0.1) is 11.8 Å². The molecule has 3 unspecified atom stereocenters. The molecule has 1 amide bonds. The van der Waals surface area contributed by atoms with Gasteiger partial charge in [0.05, 0.1) is 18.2 Å².